The van der Waals surface area contributed by atoms with Crippen LogP contribution < -0.4 is 0 Å². The maximum absolute atomic E-state index is 12.8. The zero-order valence-electron chi connectivity index (χ0n) is 14.1. The van der Waals surface area contributed by atoms with Gasteiger partial charge in [-0.15, -0.1) is 0 Å². The molecule has 23 heavy (non-hydrogen) atoms. The van der Waals surface area contributed by atoms with Gasteiger partial charge in [0, 0.05) is 31.7 Å². The normalized spacial score (nSPS) is 32.5. The molecule has 3 rings (SSSR count). The van der Waals surface area contributed by atoms with E-state index in [2.05, 4.69) is 16.7 Å². The standard InChI is InChI=1S/C16H29N3O3S/c1-2-18-7-3-5-14(18)15-6-4-8-19(15)16(20)13-17-9-11-23(21,22)12-10-17/h14-15H,2-13H2,1H3/t14-,15-/m0/s1. The lowest BCUT2D eigenvalue weighted by molar-refractivity contribution is -0.134. The van der Waals surface area contributed by atoms with Crippen LogP contribution in [0.4, 0.5) is 0 Å². The van der Waals surface area contributed by atoms with Gasteiger partial charge in [-0.3, -0.25) is 14.6 Å². The summed E-state index contributed by atoms with van der Waals surface area (Å²) in [5, 5.41) is 0. The van der Waals surface area contributed by atoms with E-state index in [9.17, 15) is 13.2 Å². The molecule has 3 heterocycles. The van der Waals surface area contributed by atoms with E-state index in [1.54, 1.807) is 0 Å². The lowest BCUT2D eigenvalue weighted by Gasteiger charge is -2.36. The van der Waals surface area contributed by atoms with E-state index in [1.165, 1.54) is 12.8 Å². The van der Waals surface area contributed by atoms with E-state index in [0.717, 1.165) is 32.5 Å². The molecule has 0 unspecified atom stereocenters. The first-order chi connectivity index (χ1) is 11.0. The van der Waals surface area contributed by atoms with Crippen molar-refractivity contribution in [1.29, 1.82) is 0 Å². The third-order valence-corrected chi connectivity index (χ3v) is 7.29. The van der Waals surface area contributed by atoms with E-state index in [1.807, 2.05) is 4.90 Å². The molecule has 3 saturated heterocycles. The smallest absolute Gasteiger partial charge is 0.237 e. The zero-order chi connectivity index (χ0) is 16.4. The van der Waals surface area contributed by atoms with Crippen LogP contribution in [0.25, 0.3) is 0 Å². The van der Waals surface area contributed by atoms with E-state index in [4.69, 9.17) is 0 Å². The third kappa shape index (κ3) is 3.88. The first-order valence-electron chi connectivity index (χ1n) is 8.96. The van der Waals surface area contributed by atoms with Crippen LogP contribution in [-0.4, -0.2) is 91.9 Å². The molecule has 0 bridgehead atoms. The quantitative estimate of drug-likeness (QED) is 0.729. The molecule has 0 aliphatic carbocycles. The third-order valence-electron chi connectivity index (χ3n) is 5.68. The van der Waals surface area contributed by atoms with Gasteiger partial charge in [-0.25, -0.2) is 8.42 Å². The van der Waals surface area contributed by atoms with Crippen molar-refractivity contribution in [3.8, 4) is 0 Å². The molecule has 0 saturated carbocycles. The highest BCUT2D eigenvalue weighted by Crippen LogP contribution is 2.30. The van der Waals surface area contributed by atoms with Crippen LogP contribution >= 0.6 is 0 Å². The average Bonchev–Trinajstić information content (AvgIpc) is 3.16. The highest BCUT2D eigenvalue weighted by atomic mass is 32.2. The van der Waals surface area contributed by atoms with Gasteiger partial charge in [0.15, 0.2) is 9.84 Å². The molecule has 1 amide bonds. The number of hydrogen-bond donors (Lipinski definition) is 0. The monoisotopic (exact) mass is 343 g/mol. The van der Waals surface area contributed by atoms with Crippen LogP contribution in [0.5, 0.6) is 0 Å². The summed E-state index contributed by atoms with van der Waals surface area (Å²) in [5.41, 5.74) is 0. The summed E-state index contributed by atoms with van der Waals surface area (Å²) in [4.78, 5) is 19.4. The fraction of sp³-hybridized carbons (Fsp3) is 0.938. The summed E-state index contributed by atoms with van der Waals surface area (Å²) in [6, 6.07) is 0.881. The largest absolute Gasteiger partial charge is 0.337 e. The Morgan fingerprint density at radius 2 is 1.65 bits per heavy atom. The van der Waals surface area contributed by atoms with Gasteiger partial charge in [-0.05, 0) is 38.8 Å². The van der Waals surface area contributed by atoms with Gasteiger partial charge in [-0.2, -0.15) is 0 Å². The van der Waals surface area contributed by atoms with Gasteiger partial charge < -0.3 is 4.90 Å². The molecule has 0 aromatic carbocycles. The van der Waals surface area contributed by atoms with Crippen molar-refractivity contribution in [3.05, 3.63) is 0 Å². The number of amides is 1. The number of carbonyl (C=O) groups is 1. The number of nitrogens with zero attached hydrogens (tertiary/aromatic N) is 3. The van der Waals surface area contributed by atoms with Gasteiger partial charge in [0.25, 0.3) is 0 Å². The molecule has 0 spiro atoms. The molecule has 3 aliphatic rings. The SMILES string of the molecule is CCN1CCC[C@H]1[C@@H]1CCCN1C(=O)CN1CCS(=O)(=O)CC1. The fourth-order valence-corrected chi connectivity index (χ4v) is 5.65. The van der Waals surface area contributed by atoms with Crippen molar-refractivity contribution in [1.82, 2.24) is 14.7 Å². The van der Waals surface area contributed by atoms with E-state index >= 15 is 0 Å². The molecule has 7 heteroatoms. The molecular weight excluding hydrogens is 314 g/mol. The van der Waals surface area contributed by atoms with Crippen molar-refractivity contribution in [3.63, 3.8) is 0 Å². The molecule has 132 valence electrons. The molecule has 0 aromatic heterocycles. The molecule has 2 atom stereocenters. The predicted octanol–water partition coefficient (Wildman–Crippen LogP) is 0.192. The number of hydrogen-bond acceptors (Lipinski definition) is 5. The van der Waals surface area contributed by atoms with Gasteiger partial charge >= 0.3 is 0 Å². The van der Waals surface area contributed by atoms with Crippen LogP contribution in [0.3, 0.4) is 0 Å². The van der Waals surface area contributed by atoms with Crippen LogP contribution in [0.2, 0.25) is 0 Å². The lowest BCUT2D eigenvalue weighted by atomic mass is 10.0. The number of sulfone groups is 1. The fourth-order valence-electron chi connectivity index (χ4n) is 4.37. The molecule has 6 nitrogen and oxygen atoms in total. The van der Waals surface area contributed by atoms with Gasteiger partial charge in [0.1, 0.15) is 0 Å². The first kappa shape index (κ1) is 17.2. The Labute approximate surface area is 139 Å². The topological polar surface area (TPSA) is 60.9 Å². The van der Waals surface area contributed by atoms with Crippen LogP contribution in [0.1, 0.15) is 32.6 Å². The Morgan fingerprint density at radius 1 is 1.00 bits per heavy atom. The first-order valence-corrected chi connectivity index (χ1v) is 10.8. The van der Waals surface area contributed by atoms with Crippen molar-refractivity contribution < 1.29 is 13.2 Å². The highest BCUT2D eigenvalue weighted by Gasteiger charge is 2.39. The van der Waals surface area contributed by atoms with Crippen molar-refractivity contribution >= 4 is 15.7 Å². The average molecular weight is 343 g/mol. The molecular formula is C16H29N3O3S. The van der Waals surface area contributed by atoms with Gasteiger partial charge in [-0.1, -0.05) is 6.92 Å². The number of likely N-dealkylation sites (tertiary alicyclic amines) is 2. The molecule has 3 aliphatic heterocycles. The van der Waals surface area contributed by atoms with Crippen LogP contribution in [-0.2, 0) is 14.6 Å². The number of carbonyl (C=O) groups excluding carboxylic acids is 1. The van der Waals surface area contributed by atoms with Crippen molar-refractivity contribution in [2.75, 3.05) is 50.8 Å². The second-order valence-electron chi connectivity index (χ2n) is 7.06. The molecule has 3 fully saturated rings. The van der Waals surface area contributed by atoms with Crippen LogP contribution in [0.15, 0.2) is 0 Å². The Hall–Kier alpha value is -0.660. The Bertz CT molecular complexity index is 523. The summed E-state index contributed by atoms with van der Waals surface area (Å²) < 4.78 is 23.0. The van der Waals surface area contributed by atoms with Crippen molar-refractivity contribution in [2.45, 2.75) is 44.7 Å². The van der Waals surface area contributed by atoms with Gasteiger partial charge in [0.2, 0.25) is 5.91 Å². The number of likely N-dealkylation sites (N-methyl/N-ethyl adjacent to an activating group) is 1. The zero-order valence-corrected chi connectivity index (χ0v) is 14.9. The Kier molecular flexibility index (Phi) is 5.28. The molecule has 0 radical (unpaired) electrons. The highest BCUT2D eigenvalue weighted by molar-refractivity contribution is 7.91. The summed E-state index contributed by atoms with van der Waals surface area (Å²) in [7, 11) is -2.88. The molecule has 0 N–H and O–H groups in total. The predicted molar refractivity (Wildman–Crippen MR) is 90.1 cm³/mol. The molecule has 0 aromatic rings. The Morgan fingerprint density at radius 3 is 2.35 bits per heavy atom. The van der Waals surface area contributed by atoms with Crippen LogP contribution in [0, 0.1) is 0 Å². The maximum atomic E-state index is 12.8. The van der Waals surface area contributed by atoms with E-state index in [0.29, 0.717) is 31.7 Å². The van der Waals surface area contributed by atoms with E-state index < -0.39 is 9.84 Å². The minimum absolute atomic E-state index is 0.190. The lowest BCUT2D eigenvalue weighted by Crippen LogP contribution is -2.52. The summed E-state index contributed by atoms with van der Waals surface area (Å²) in [6.45, 7) is 6.66. The second-order valence-corrected chi connectivity index (χ2v) is 9.37. The minimum atomic E-state index is -2.88. The number of rotatable bonds is 4. The minimum Gasteiger partial charge on any atom is -0.337 e. The second kappa shape index (κ2) is 7.07. The van der Waals surface area contributed by atoms with Gasteiger partial charge in [0.05, 0.1) is 18.1 Å². The summed E-state index contributed by atoms with van der Waals surface area (Å²) in [5.74, 6) is 0.570. The maximum Gasteiger partial charge on any atom is 0.237 e. The summed E-state index contributed by atoms with van der Waals surface area (Å²) in [6.07, 6.45) is 4.64. The van der Waals surface area contributed by atoms with E-state index in [-0.39, 0.29) is 17.4 Å². The Balaban J connectivity index is 1.58. The summed E-state index contributed by atoms with van der Waals surface area (Å²) >= 11 is 0. The van der Waals surface area contributed by atoms with Crippen molar-refractivity contribution in [2.24, 2.45) is 0 Å².